The van der Waals surface area contributed by atoms with Crippen molar-refractivity contribution in [3.63, 3.8) is 0 Å². The molecule has 3 rings (SSSR count). The highest BCUT2D eigenvalue weighted by Crippen LogP contribution is 2.17. The summed E-state index contributed by atoms with van der Waals surface area (Å²) in [6.07, 6.45) is 3.37. The highest BCUT2D eigenvalue weighted by Gasteiger charge is 2.16. The number of carbonyl (C=O) groups excluding carboxylic acids is 1. The fourth-order valence-corrected chi connectivity index (χ4v) is 3.02. The Morgan fingerprint density at radius 2 is 2.17 bits per heavy atom. The molecule has 8 heteroatoms. The number of aromatic nitrogens is 5. The van der Waals surface area contributed by atoms with Gasteiger partial charge < -0.3 is 14.5 Å². The van der Waals surface area contributed by atoms with Crippen LogP contribution in [0.4, 0.5) is 0 Å². The van der Waals surface area contributed by atoms with Crippen LogP contribution in [0.15, 0.2) is 42.1 Å². The van der Waals surface area contributed by atoms with Gasteiger partial charge in [0, 0.05) is 19.3 Å². The molecule has 0 unspecified atom stereocenters. The Balaban J connectivity index is 1.54. The van der Waals surface area contributed by atoms with Gasteiger partial charge in [-0.05, 0) is 19.1 Å². The topological polar surface area (TPSA) is 77.6 Å². The quantitative estimate of drug-likeness (QED) is 0.549. The molecule has 23 heavy (non-hydrogen) atoms. The summed E-state index contributed by atoms with van der Waals surface area (Å²) in [5.41, 5.74) is 1.86. The van der Waals surface area contributed by atoms with Crippen LogP contribution in [-0.2, 0) is 11.8 Å². The minimum atomic E-state index is -0.303. The van der Waals surface area contributed by atoms with Gasteiger partial charge in [0.2, 0.25) is 5.91 Å². The normalized spacial score (nSPS) is 12.4. The van der Waals surface area contributed by atoms with Gasteiger partial charge in [0.25, 0.3) is 0 Å². The van der Waals surface area contributed by atoms with Gasteiger partial charge in [0.15, 0.2) is 5.16 Å². The summed E-state index contributed by atoms with van der Waals surface area (Å²) < 4.78 is 3.74. The molecule has 0 saturated carbocycles. The highest BCUT2D eigenvalue weighted by molar-refractivity contribution is 7.99. The van der Waals surface area contributed by atoms with Crippen LogP contribution < -0.4 is 5.32 Å². The van der Waals surface area contributed by atoms with Crippen LogP contribution in [-0.4, -0.2) is 42.5 Å². The zero-order valence-corrected chi connectivity index (χ0v) is 13.8. The lowest BCUT2D eigenvalue weighted by atomic mass is 10.2. The first-order valence-electron chi connectivity index (χ1n) is 7.33. The molecule has 120 valence electrons. The SMILES string of the molecule is C[C@H](C(=O)NCCSc1nncn1C)n1cnc2ccccc21. The van der Waals surface area contributed by atoms with Gasteiger partial charge in [-0.3, -0.25) is 4.79 Å². The summed E-state index contributed by atoms with van der Waals surface area (Å²) in [5.74, 6) is 0.724. The summed E-state index contributed by atoms with van der Waals surface area (Å²) in [5, 5.41) is 11.6. The molecule has 1 atom stereocenters. The van der Waals surface area contributed by atoms with Crippen LogP contribution in [0.25, 0.3) is 11.0 Å². The maximum atomic E-state index is 12.3. The molecule has 0 bridgehead atoms. The largest absolute Gasteiger partial charge is 0.353 e. The zero-order chi connectivity index (χ0) is 16.2. The number of rotatable bonds is 6. The molecule has 0 radical (unpaired) electrons. The molecule has 0 aliphatic rings. The molecule has 2 aromatic heterocycles. The van der Waals surface area contributed by atoms with E-state index in [9.17, 15) is 4.79 Å². The Morgan fingerprint density at radius 3 is 2.96 bits per heavy atom. The molecule has 7 nitrogen and oxygen atoms in total. The second-order valence-corrected chi connectivity index (χ2v) is 6.24. The standard InChI is InChI=1S/C15H18N6OS/c1-11(21-9-17-12-5-3-4-6-13(12)21)14(22)16-7-8-23-15-19-18-10-20(15)2/h3-6,9-11H,7-8H2,1-2H3,(H,16,22)/t11-/m1/s1. The molecular weight excluding hydrogens is 312 g/mol. The third-order valence-corrected chi connectivity index (χ3v) is 4.62. The minimum Gasteiger partial charge on any atom is -0.353 e. The Bertz CT molecular complexity index is 811. The maximum Gasteiger partial charge on any atom is 0.242 e. The third-order valence-electron chi connectivity index (χ3n) is 3.58. The van der Waals surface area contributed by atoms with E-state index in [1.54, 1.807) is 24.4 Å². The number of hydrogen-bond donors (Lipinski definition) is 1. The average Bonchev–Trinajstić information content (AvgIpc) is 3.17. The van der Waals surface area contributed by atoms with Gasteiger partial charge in [-0.2, -0.15) is 0 Å². The Morgan fingerprint density at radius 1 is 1.35 bits per heavy atom. The lowest BCUT2D eigenvalue weighted by molar-refractivity contribution is -0.123. The zero-order valence-electron chi connectivity index (χ0n) is 13.0. The number of para-hydroxylation sites is 2. The van der Waals surface area contributed by atoms with Gasteiger partial charge >= 0.3 is 0 Å². The van der Waals surface area contributed by atoms with Crippen LogP contribution in [0.5, 0.6) is 0 Å². The minimum absolute atomic E-state index is 0.0216. The number of nitrogens with one attached hydrogen (secondary N) is 1. The van der Waals surface area contributed by atoms with Crippen LogP contribution in [0.2, 0.25) is 0 Å². The van der Waals surface area contributed by atoms with Gasteiger partial charge in [-0.1, -0.05) is 23.9 Å². The fourth-order valence-electron chi connectivity index (χ4n) is 2.28. The number of imidazole rings is 1. The molecule has 0 aliphatic heterocycles. The van der Waals surface area contributed by atoms with Crippen LogP contribution in [0, 0.1) is 0 Å². The van der Waals surface area contributed by atoms with Gasteiger partial charge in [0.05, 0.1) is 17.4 Å². The monoisotopic (exact) mass is 330 g/mol. The number of fused-ring (bicyclic) bond motifs is 1. The molecule has 1 amide bonds. The van der Waals surface area contributed by atoms with Crippen molar-refractivity contribution in [3.05, 3.63) is 36.9 Å². The van der Waals surface area contributed by atoms with E-state index in [4.69, 9.17) is 0 Å². The van der Waals surface area contributed by atoms with E-state index in [0.717, 1.165) is 21.9 Å². The first-order valence-corrected chi connectivity index (χ1v) is 8.31. The van der Waals surface area contributed by atoms with Crippen molar-refractivity contribution in [1.29, 1.82) is 0 Å². The lowest BCUT2D eigenvalue weighted by Crippen LogP contribution is -2.32. The molecule has 3 aromatic rings. The first-order chi connectivity index (χ1) is 11.2. The third kappa shape index (κ3) is 3.37. The van der Waals surface area contributed by atoms with E-state index in [2.05, 4.69) is 20.5 Å². The molecule has 2 heterocycles. The van der Waals surface area contributed by atoms with E-state index in [1.807, 2.05) is 47.4 Å². The van der Waals surface area contributed by atoms with Crippen molar-refractivity contribution in [2.45, 2.75) is 18.1 Å². The van der Waals surface area contributed by atoms with Gasteiger partial charge in [-0.15, -0.1) is 10.2 Å². The Labute approximate surface area is 138 Å². The summed E-state index contributed by atoms with van der Waals surface area (Å²) in [7, 11) is 1.90. The van der Waals surface area contributed by atoms with E-state index >= 15 is 0 Å². The van der Waals surface area contributed by atoms with Crippen LogP contribution in [0.1, 0.15) is 13.0 Å². The summed E-state index contributed by atoms with van der Waals surface area (Å²) in [4.78, 5) is 16.6. The number of thioether (sulfide) groups is 1. The van der Waals surface area contributed by atoms with Crippen molar-refractivity contribution in [3.8, 4) is 0 Å². The fraction of sp³-hybridized carbons (Fsp3) is 0.333. The molecule has 0 saturated heterocycles. The Kier molecular flexibility index (Phi) is 4.61. The summed E-state index contributed by atoms with van der Waals surface area (Å²) in [6.45, 7) is 2.45. The van der Waals surface area contributed by atoms with E-state index in [-0.39, 0.29) is 11.9 Å². The van der Waals surface area contributed by atoms with E-state index in [1.165, 1.54) is 0 Å². The summed E-state index contributed by atoms with van der Waals surface area (Å²) >= 11 is 1.56. The lowest BCUT2D eigenvalue weighted by Gasteiger charge is -2.14. The van der Waals surface area contributed by atoms with E-state index in [0.29, 0.717) is 6.54 Å². The van der Waals surface area contributed by atoms with Gasteiger partial charge in [0.1, 0.15) is 12.4 Å². The predicted octanol–water partition coefficient (Wildman–Crippen LogP) is 1.63. The highest BCUT2D eigenvalue weighted by atomic mass is 32.2. The van der Waals surface area contributed by atoms with E-state index < -0.39 is 0 Å². The number of aryl methyl sites for hydroxylation is 1. The van der Waals surface area contributed by atoms with Crippen LogP contribution >= 0.6 is 11.8 Å². The predicted molar refractivity (Wildman–Crippen MR) is 89.2 cm³/mol. The number of nitrogens with zero attached hydrogens (tertiary/aromatic N) is 5. The number of amides is 1. The van der Waals surface area contributed by atoms with Crippen molar-refractivity contribution >= 4 is 28.7 Å². The molecule has 0 spiro atoms. The maximum absolute atomic E-state index is 12.3. The average molecular weight is 330 g/mol. The number of carbonyl (C=O) groups is 1. The van der Waals surface area contributed by atoms with Crippen LogP contribution in [0.3, 0.4) is 0 Å². The van der Waals surface area contributed by atoms with Crippen molar-refractivity contribution in [1.82, 2.24) is 29.6 Å². The number of benzene rings is 1. The second-order valence-electron chi connectivity index (χ2n) is 5.18. The molecule has 1 N–H and O–H groups in total. The summed E-state index contributed by atoms with van der Waals surface area (Å²) in [6, 6.07) is 7.49. The van der Waals surface area contributed by atoms with Crippen molar-refractivity contribution < 1.29 is 4.79 Å². The molecule has 1 aromatic carbocycles. The smallest absolute Gasteiger partial charge is 0.242 e. The first kappa shape index (κ1) is 15.5. The van der Waals surface area contributed by atoms with Gasteiger partial charge in [-0.25, -0.2) is 4.98 Å². The molecular formula is C15H18N6OS. The van der Waals surface area contributed by atoms with Crippen molar-refractivity contribution in [2.24, 2.45) is 7.05 Å². The van der Waals surface area contributed by atoms with Crippen molar-refractivity contribution in [2.75, 3.05) is 12.3 Å². The second kappa shape index (κ2) is 6.82. The number of hydrogen-bond acceptors (Lipinski definition) is 5. The Hall–Kier alpha value is -2.35. The molecule has 0 aliphatic carbocycles. The molecule has 0 fully saturated rings.